The second kappa shape index (κ2) is 5.23. The summed E-state index contributed by atoms with van der Waals surface area (Å²) in [6.07, 6.45) is 3.81. The average Bonchev–Trinajstić information content (AvgIpc) is 2.19. The maximum absolute atomic E-state index is 8.53. The van der Waals surface area contributed by atoms with Gasteiger partial charge in [0.15, 0.2) is 5.17 Å². The van der Waals surface area contributed by atoms with Crippen molar-refractivity contribution in [1.82, 2.24) is 9.80 Å². The lowest BCUT2D eigenvalue weighted by Gasteiger charge is -2.38. The first kappa shape index (κ1) is 11.3. The highest BCUT2D eigenvalue weighted by atomic mass is 32.2. The molecule has 1 unspecified atom stereocenters. The second-order valence-electron chi connectivity index (χ2n) is 3.47. The van der Waals surface area contributed by atoms with Crippen LogP contribution in [0.5, 0.6) is 0 Å². The number of hydrogen-bond acceptors (Lipinski definition) is 4. The first-order valence-electron chi connectivity index (χ1n) is 4.65. The van der Waals surface area contributed by atoms with Crippen LogP contribution in [0.1, 0.15) is 6.92 Å². The Morgan fingerprint density at radius 1 is 1.57 bits per heavy atom. The van der Waals surface area contributed by atoms with Crippen LogP contribution >= 0.6 is 11.8 Å². The van der Waals surface area contributed by atoms with Gasteiger partial charge in [0.05, 0.1) is 0 Å². The zero-order valence-corrected chi connectivity index (χ0v) is 9.71. The van der Waals surface area contributed by atoms with Crippen molar-refractivity contribution < 1.29 is 0 Å². The quantitative estimate of drug-likeness (QED) is 0.339. The Morgan fingerprint density at radius 2 is 2.29 bits per heavy atom. The molecule has 1 aliphatic rings. The maximum atomic E-state index is 8.53. The Hall–Kier alpha value is -0.730. The molecule has 0 aromatic heterocycles. The topological polar surface area (TPSA) is 42.6 Å². The lowest BCUT2D eigenvalue weighted by molar-refractivity contribution is 0.155. The molecule has 0 aliphatic carbocycles. The Kier molecular flexibility index (Phi) is 4.23. The minimum Gasteiger partial charge on any atom is -0.348 e. The van der Waals surface area contributed by atoms with Crippen molar-refractivity contribution >= 4 is 16.9 Å². The third-order valence-corrected chi connectivity index (χ3v) is 3.27. The monoisotopic (exact) mass is 212 g/mol. The smallest absolute Gasteiger partial charge is 0.208 e. The number of amidine groups is 1. The summed E-state index contributed by atoms with van der Waals surface area (Å²) in [4.78, 5) is 8.32. The molecule has 1 aliphatic heterocycles. The Balaban J connectivity index is 2.62. The first-order chi connectivity index (χ1) is 6.69. The number of nitriles is 1. The van der Waals surface area contributed by atoms with Gasteiger partial charge in [-0.2, -0.15) is 5.26 Å². The molecule has 0 N–H and O–H groups in total. The Morgan fingerprint density at radius 3 is 2.79 bits per heavy atom. The first-order valence-corrected chi connectivity index (χ1v) is 5.87. The predicted octanol–water partition coefficient (Wildman–Crippen LogP) is 0.822. The molecule has 0 saturated carbocycles. The zero-order chi connectivity index (χ0) is 10.6. The van der Waals surface area contributed by atoms with Crippen molar-refractivity contribution in [3.8, 4) is 6.19 Å². The van der Waals surface area contributed by atoms with Gasteiger partial charge in [-0.3, -0.25) is 0 Å². The lowest BCUT2D eigenvalue weighted by Crippen LogP contribution is -2.51. The van der Waals surface area contributed by atoms with E-state index in [2.05, 4.69) is 28.8 Å². The average molecular weight is 212 g/mol. The molecule has 0 bridgehead atoms. The molecule has 0 aromatic rings. The summed E-state index contributed by atoms with van der Waals surface area (Å²) < 4.78 is 0. The summed E-state index contributed by atoms with van der Waals surface area (Å²) in [6, 6.07) is 0.528. The SMILES string of the molecule is CSC(=NC#N)N1CCN(C)C(C)C1. The van der Waals surface area contributed by atoms with Crippen LogP contribution < -0.4 is 0 Å². The maximum Gasteiger partial charge on any atom is 0.208 e. The van der Waals surface area contributed by atoms with E-state index in [1.54, 1.807) is 0 Å². The number of nitrogens with zero attached hydrogens (tertiary/aromatic N) is 4. The van der Waals surface area contributed by atoms with E-state index < -0.39 is 0 Å². The molecule has 4 nitrogen and oxygen atoms in total. The Bertz CT molecular complexity index is 258. The third-order valence-electron chi connectivity index (χ3n) is 2.56. The van der Waals surface area contributed by atoms with Crippen LogP contribution in [-0.2, 0) is 0 Å². The van der Waals surface area contributed by atoms with Gasteiger partial charge in [0.2, 0.25) is 6.19 Å². The molecule has 1 saturated heterocycles. The number of rotatable bonds is 0. The standard InChI is InChI=1S/C9H16N4S/c1-8-6-13(5-4-12(8)2)9(14-3)11-7-10/h8H,4-6H2,1-3H3. The van der Waals surface area contributed by atoms with E-state index in [9.17, 15) is 0 Å². The van der Waals surface area contributed by atoms with Crippen LogP contribution in [0.2, 0.25) is 0 Å². The summed E-state index contributed by atoms with van der Waals surface area (Å²) in [5.41, 5.74) is 0. The van der Waals surface area contributed by atoms with Crippen LogP contribution in [0.3, 0.4) is 0 Å². The highest BCUT2D eigenvalue weighted by Crippen LogP contribution is 2.12. The van der Waals surface area contributed by atoms with Gasteiger partial charge in [-0.15, -0.1) is 4.99 Å². The number of aliphatic imine (C=N–C) groups is 1. The summed E-state index contributed by atoms with van der Waals surface area (Å²) in [5.74, 6) is 0. The van der Waals surface area contributed by atoms with Crippen molar-refractivity contribution in [1.29, 1.82) is 5.26 Å². The molecule has 0 spiro atoms. The Labute approximate surface area is 89.6 Å². The normalized spacial score (nSPS) is 24.9. The van der Waals surface area contributed by atoms with E-state index in [1.807, 2.05) is 12.4 Å². The predicted molar refractivity (Wildman–Crippen MR) is 60.2 cm³/mol. The van der Waals surface area contributed by atoms with Crippen molar-refractivity contribution in [2.75, 3.05) is 32.9 Å². The molecule has 0 aromatic carbocycles. The van der Waals surface area contributed by atoms with Gasteiger partial charge < -0.3 is 9.80 Å². The van der Waals surface area contributed by atoms with Crippen molar-refractivity contribution in [2.24, 2.45) is 4.99 Å². The van der Waals surface area contributed by atoms with Gasteiger partial charge in [0.1, 0.15) is 0 Å². The van der Waals surface area contributed by atoms with Gasteiger partial charge in [0, 0.05) is 25.7 Å². The molecule has 1 rings (SSSR count). The van der Waals surface area contributed by atoms with E-state index in [4.69, 9.17) is 5.26 Å². The molecule has 1 heterocycles. The van der Waals surface area contributed by atoms with Gasteiger partial charge >= 0.3 is 0 Å². The molecule has 0 radical (unpaired) electrons. The summed E-state index contributed by atoms with van der Waals surface area (Å²) >= 11 is 1.54. The van der Waals surface area contributed by atoms with Crippen molar-refractivity contribution in [3.63, 3.8) is 0 Å². The number of hydrogen-bond donors (Lipinski definition) is 0. The van der Waals surface area contributed by atoms with E-state index in [0.717, 1.165) is 24.8 Å². The van der Waals surface area contributed by atoms with Crippen LogP contribution in [0.4, 0.5) is 0 Å². The number of likely N-dealkylation sites (N-methyl/N-ethyl adjacent to an activating group) is 1. The number of thioether (sulfide) groups is 1. The fourth-order valence-electron chi connectivity index (χ4n) is 1.51. The molecule has 5 heteroatoms. The minimum atomic E-state index is 0.528. The molecule has 1 fully saturated rings. The van der Waals surface area contributed by atoms with Gasteiger partial charge in [-0.05, 0) is 20.2 Å². The van der Waals surface area contributed by atoms with E-state index in [1.165, 1.54) is 11.8 Å². The highest BCUT2D eigenvalue weighted by Gasteiger charge is 2.22. The van der Waals surface area contributed by atoms with Crippen LogP contribution in [0.25, 0.3) is 0 Å². The largest absolute Gasteiger partial charge is 0.348 e. The van der Waals surface area contributed by atoms with Crippen molar-refractivity contribution in [2.45, 2.75) is 13.0 Å². The van der Waals surface area contributed by atoms with Gasteiger partial charge in [-0.25, -0.2) is 0 Å². The molecule has 14 heavy (non-hydrogen) atoms. The molecule has 0 amide bonds. The molecular formula is C9H16N4S. The van der Waals surface area contributed by atoms with Crippen molar-refractivity contribution in [3.05, 3.63) is 0 Å². The van der Waals surface area contributed by atoms with E-state index in [0.29, 0.717) is 6.04 Å². The van der Waals surface area contributed by atoms with Crippen LogP contribution in [0, 0.1) is 11.5 Å². The second-order valence-corrected chi connectivity index (χ2v) is 4.25. The molecular weight excluding hydrogens is 196 g/mol. The molecule has 78 valence electrons. The van der Waals surface area contributed by atoms with Crippen LogP contribution in [-0.4, -0.2) is 53.9 Å². The fourth-order valence-corrected chi connectivity index (χ4v) is 2.07. The lowest BCUT2D eigenvalue weighted by atomic mass is 10.2. The number of piperazine rings is 1. The zero-order valence-electron chi connectivity index (χ0n) is 8.90. The van der Waals surface area contributed by atoms with Gasteiger partial charge in [-0.1, -0.05) is 11.8 Å². The van der Waals surface area contributed by atoms with Crippen LogP contribution in [0.15, 0.2) is 4.99 Å². The fraction of sp³-hybridized carbons (Fsp3) is 0.778. The summed E-state index contributed by atoms with van der Waals surface area (Å²) in [7, 11) is 2.13. The van der Waals surface area contributed by atoms with E-state index >= 15 is 0 Å². The summed E-state index contributed by atoms with van der Waals surface area (Å²) in [5, 5.41) is 9.37. The highest BCUT2D eigenvalue weighted by molar-refractivity contribution is 8.13. The summed E-state index contributed by atoms with van der Waals surface area (Å²) in [6.45, 7) is 5.14. The molecule has 1 atom stereocenters. The minimum absolute atomic E-state index is 0.528. The third kappa shape index (κ3) is 2.63. The van der Waals surface area contributed by atoms with E-state index in [-0.39, 0.29) is 0 Å². The van der Waals surface area contributed by atoms with Gasteiger partial charge in [0.25, 0.3) is 0 Å².